The molecule has 0 heterocycles. The van der Waals surface area contributed by atoms with Crippen LogP contribution in [-0.2, 0) is 16.1 Å². The molecule has 2 aromatic rings. The number of aryl methyl sites for hydroxylation is 1. The van der Waals surface area contributed by atoms with E-state index in [1.807, 2.05) is 62.4 Å². The highest BCUT2D eigenvalue weighted by Crippen LogP contribution is 2.24. The average molecular weight is 473 g/mol. The number of nitrogens with one attached hydrogen (secondary N) is 1. The van der Waals surface area contributed by atoms with Crippen LogP contribution in [-0.4, -0.2) is 34.6 Å². The molecule has 0 spiro atoms. The summed E-state index contributed by atoms with van der Waals surface area (Å²) in [6, 6.07) is 15.4. The van der Waals surface area contributed by atoms with Gasteiger partial charge in [0.05, 0.1) is 5.75 Å². The first-order valence-electron chi connectivity index (χ1n) is 11.5. The van der Waals surface area contributed by atoms with Gasteiger partial charge in [-0.25, -0.2) is 0 Å². The van der Waals surface area contributed by atoms with E-state index in [0.29, 0.717) is 18.0 Å². The minimum atomic E-state index is -0.515. The molecule has 1 aliphatic rings. The maximum absolute atomic E-state index is 13.4. The Morgan fingerprint density at radius 3 is 2.44 bits per heavy atom. The largest absolute Gasteiger partial charge is 0.352 e. The van der Waals surface area contributed by atoms with E-state index in [1.165, 1.54) is 23.7 Å². The van der Waals surface area contributed by atoms with Crippen LogP contribution in [0.1, 0.15) is 56.6 Å². The molecule has 1 N–H and O–H groups in total. The van der Waals surface area contributed by atoms with Crippen molar-refractivity contribution in [3.63, 3.8) is 0 Å². The number of rotatable bonds is 9. The number of carbonyl (C=O) groups is 2. The normalized spacial score (nSPS) is 15.2. The van der Waals surface area contributed by atoms with Gasteiger partial charge in [-0.15, -0.1) is 11.8 Å². The van der Waals surface area contributed by atoms with Gasteiger partial charge in [-0.3, -0.25) is 9.59 Å². The topological polar surface area (TPSA) is 49.4 Å². The summed E-state index contributed by atoms with van der Waals surface area (Å²) >= 11 is 7.90. The van der Waals surface area contributed by atoms with Gasteiger partial charge in [0, 0.05) is 22.5 Å². The first kappa shape index (κ1) is 24.7. The van der Waals surface area contributed by atoms with Crippen molar-refractivity contribution in [3.8, 4) is 0 Å². The maximum Gasteiger partial charge on any atom is 0.243 e. The van der Waals surface area contributed by atoms with Crippen LogP contribution in [0.5, 0.6) is 0 Å². The number of hydrogen-bond donors (Lipinski definition) is 1. The Hall–Kier alpha value is -1.98. The fourth-order valence-corrected chi connectivity index (χ4v) is 5.12. The fourth-order valence-electron chi connectivity index (χ4n) is 4.14. The summed E-state index contributed by atoms with van der Waals surface area (Å²) in [5.41, 5.74) is 2.04. The summed E-state index contributed by atoms with van der Waals surface area (Å²) in [4.78, 5) is 29.4. The molecular formula is C26H33ClN2O2S. The molecule has 1 fully saturated rings. The highest BCUT2D eigenvalue weighted by molar-refractivity contribution is 8.00. The summed E-state index contributed by atoms with van der Waals surface area (Å²) in [6.07, 6.45) is 6.13. The highest BCUT2D eigenvalue weighted by atomic mass is 35.5. The van der Waals surface area contributed by atoms with Crippen LogP contribution in [0.25, 0.3) is 0 Å². The van der Waals surface area contributed by atoms with E-state index in [1.54, 1.807) is 4.90 Å². The summed E-state index contributed by atoms with van der Waals surface area (Å²) in [7, 11) is 0. The summed E-state index contributed by atoms with van der Waals surface area (Å²) in [5.74, 6) is 0.169. The van der Waals surface area contributed by atoms with Gasteiger partial charge in [0.25, 0.3) is 0 Å². The quantitative estimate of drug-likeness (QED) is 0.455. The zero-order valence-electron chi connectivity index (χ0n) is 19.0. The smallest absolute Gasteiger partial charge is 0.243 e. The van der Waals surface area contributed by atoms with Crippen molar-refractivity contribution in [2.75, 3.05) is 5.75 Å². The van der Waals surface area contributed by atoms with Crippen LogP contribution in [0.3, 0.4) is 0 Å². The summed E-state index contributed by atoms with van der Waals surface area (Å²) in [5, 5.41) is 3.82. The van der Waals surface area contributed by atoms with Crippen molar-refractivity contribution in [2.45, 2.75) is 75.9 Å². The van der Waals surface area contributed by atoms with Crippen LogP contribution in [0.4, 0.5) is 0 Å². The minimum Gasteiger partial charge on any atom is -0.352 e. The van der Waals surface area contributed by atoms with Crippen LogP contribution >= 0.6 is 23.4 Å². The SMILES string of the molecule is CC[C@@H](C(=O)NC1CCCCC1)N(Cc1ccccc1Cl)C(=O)CSc1ccc(C)cc1. The van der Waals surface area contributed by atoms with Gasteiger partial charge in [-0.2, -0.15) is 0 Å². The number of benzene rings is 2. The molecule has 0 aromatic heterocycles. The number of carbonyl (C=O) groups excluding carboxylic acids is 2. The first-order valence-corrected chi connectivity index (χ1v) is 12.9. The van der Waals surface area contributed by atoms with Crippen LogP contribution in [0, 0.1) is 6.92 Å². The third-order valence-corrected chi connectivity index (χ3v) is 7.38. The van der Waals surface area contributed by atoms with Crippen molar-refractivity contribution in [1.82, 2.24) is 10.2 Å². The number of thioether (sulfide) groups is 1. The zero-order chi connectivity index (χ0) is 22.9. The van der Waals surface area contributed by atoms with Gasteiger partial charge >= 0.3 is 0 Å². The molecule has 0 saturated heterocycles. The molecule has 32 heavy (non-hydrogen) atoms. The summed E-state index contributed by atoms with van der Waals surface area (Å²) in [6.45, 7) is 4.33. The van der Waals surface area contributed by atoms with E-state index in [2.05, 4.69) is 5.32 Å². The first-order chi connectivity index (χ1) is 15.5. The van der Waals surface area contributed by atoms with E-state index in [0.717, 1.165) is 36.1 Å². The van der Waals surface area contributed by atoms with Crippen molar-refractivity contribution in [2.24, 2.45) is 0 Å². The maximum atomic E-state index is 13.4. The van der Waals surface area contributed by atoms with Gasteiger partial charge in [-0.05, 0) is 49.9 Å². The van der Waals surface area contributed by atoms with Gasteiger partial charge in [0.1, 0.15) is 6.04 Å². The van der Waals surface area contributed by atoms with E-state index < -0.39 is 6.04 Å². The predicted octanol–water partition coefficient (Wildman–Crippen LogP) is 6.00. The van der Waals surface area contributed by atoms with Gasteiger partial charge in [0.15, 0.2) is 0 Å². The molecule has 1 saturated carbocycles. The number of halogens is 1. The minimum absolute atomic E-state index is 0.0545. The molecule has 4 nitrogen and oxygen atoms in total. The van der Waals surface area contributed by atoms with E-state index in [-0.39, 0.29) is 23.6 Å². The van der Waals surface area contributed by atoms with Gasteiger partial charge in [-0.1, -0.05) is 73.7 Å². The lowest BCUT2D eigenvalue weighted by Crippen LogP contribution is -2.52. The predicted molar refractivity (Wildman–Crippen MR) is 133 cm³/mol. The molecule has 0 bridgehead atoms. The third kappa shape index (κ3) is 7.01. The Labute approximate surface area is 201 Å². The second-order valence-corrected chi connectivity index (χ2v) is 9.94. The Bertz CT molecular complexity index is 897. The second-order valence-electron chi connectivity index (χ2n) is 8.48. The molecule has 2 aromatic carbocycles. The van der Waals surface area contributed by atoms with Crippen LogP contribution in [0.15, 0.2) is 53.4 Å². The Balaban J connectivity index is 1.75. The number of amides is 2. The highest BCUT2D eigenvalue weighted by Gasteiger charge is 2.30. The molecule has 2 amide bonds. The standard InChI is InChI=1S/C26H33ClN2O2S/c1-3-24(26(31)28-21-10-5-4-6-11-21)29(17-20-9-7-8-12-23(20)27)25(30)18-32-22-15-13-19(2)14-16-22/h7-9,12-16,21,24H,3-6,10-11,17-18H2,1-2H3,(H,28,31)/t24-/m0/s1. The van der Waals surface area contributed by atoms with Gasteiger partial charge in [0.2, 0.25) is 11.8 Å². The van der Waals surface area contributed by atoms with Crippen LogP contribution in [0.2, 0.25) is 5.02 Å². The molecule has 172 valence electrons. The number of hydrogen-bond acceptors (Lipinski definition) is 3. The van der Waals surface area contributed by atoms with E-state index >= 15 is 0 Å². The lowest BCUT2D eigenvalue weighted by molar-refractivity contribution is -0.139. The fraction of sp³-hybridized carbons (Fsp3) is 0.462. The molecule has 6 heteroatoms. The molecular weight excluding hydrogens is 440 g/mol. The molecule has 0 radical (unpaired) electrons. The summed E-state index contributed by atoms with van der Waals surface area (Å²) < 4.78 is 0. The van der Waals surface area contributed by atoms with Crippen molar-refractivity contribution in [1.29, 1.82) is 0 Å². The molecule has 1 atom stereocenters. The Morgan fingerprint density at radius 1 is 1.09 bits per heavy atom. The van der Waals surface area contributed by atoms with Crippen LogP contribution < -0.4 is 5.32 Å². The van der Waals surface area contributed by atoms with E-state index in [9.17, 15) is 9.59 Å². The molecule has 3 rings (SSSR count). The lowest BCUT2D eigenvalue weighted by atomic mass is 9.95. The molecule has 0 unspecified atom stereocenters. The molecule has 1 aliphatic carbocycles. The van der Waals surface area contributed by atoms with Gasteiger partial charge < -0.3 is 10.2 Å². The second kappa shape index (κ2) is 12.3. The lowest BCUT2D eigenvalue weighted by Gasteiger charge is -2.33. The Kier molecular flexibility index (Phi) is 9.49. The van der Waals surface area contributed by atoms with E-state index in [4.69, 9.17) is 11.6 Å². The third-order valence-electron chi connectivity index (χ3n) is 6.02. The van der Waals surface area contributed by atoms with Crippen molar-refractivity contribution in [3.05, 3.63) is 64.7 Å². The zero-order valence-corrected chi connectivity index (χ0v) is 20.6. The van der Waals surface area contributed by atoms with Crippen molar-refractivity contribution < 1.29 is 9.59 Å². The number of nitrogens with zero attached hydrogens (tertiary/aromatic N) is 1. The Morgan fingerprint density at radius 2 is 1.78 bits per heavy atom. The monoisotopic (exact) mass is 472 g/mol. The average Bonchev–Trinajstić information content (AvgIpc) is 2.80. The molecule has 0 aliphatic heterocycles. The van der Waals surface area contributed by atoms with Crippen molar-refractivity contribution >= 4 is 35.2 Å².